The zero-order chi connectivity index (χ0) is 23.6. The highest BCUT2D eigenvalue weighted by Crippen LogP contribution is 2.26. The molecule has 0 fully saturated rings. The Hall–Kier alpha value is -4.02. The number of rotatable bonds is 6. The average molecular weight is 466 g/mol. The summed E-state index contributed by atoms with van der Waals surface area (Å²) in [5.74, 6) is -0.206. The summed E-state index contributed by atoms with van der Waals surface area (Å²) in [6.07, 6.45) is 0. The Balaban J connectivity index is 1.73. The molecule has 0 aliphatic carbocycles. The number of amides is 1. The normalized spacial score (nSPS) is 11.2. The minimum absolute atomic E-state index is 0.0563. The topological polar surface area (TPSA) is 116 Å². The van der Waals surface area contributed by atoms with E-state index in [0.29, 0.717) is 28.4 Å². The Morgan fingerprint density at radius 1 is 1.00 bits per heavy atom. The summed E-state index contributed by atoms with van der Waals surface area (Å²) in [6.45, 7) is 0. The number of aromatic nitrogens is 2. The number of primary sulfonamides is 1. The molecule has 0 spiro atoms. The molecule has 10 heteroatoms. The maximum Gasteiger partial charge on any atom is 0.276 e. The summed E-state index contributed by atoms with van der Waals surface area (Å²) < 4.78 is 43.2. The number of anilines is 1. The number of nitrogens with zero attached hydrogens (tertiary/aromatic N) is 2. The van der Waals surface area contributed by atoms with Crippen molar-refractivity contribution in [2.75, 3.05) is 12.4 Å². The van der Waals surface area contributed by atoms with Crippen molar-refractivity contribution in [3.05, 3.63) is 90.4 Å². The third kappa shape index (κ3) is 4.92. The van der Waals surface area contributed by atoms with E-state index in [0.717, 1.165) is 0 Å². The van der Waals surface area contributed by atoms with E-state index in [1.54, 1.807) is 49.6 Å². The molecular formula is C23H19FN4O4S. The molecule has 3 aromatic carbocycles. The number of nitrogens with two attached hydrogens (primary N) is 1. The molecule has 0 saturated carbocycles. The molecule has 4 aromatic rings. The van der Waals surface area contributed by atoms with Crippen molar-refractivity contribution in [3.63, 3.8) is 0 Å². The van der Waals surface area contributed by atoms with Gasteiger partial charge in [-0.2, -0.15) is 5.10 Å². The fourth-order valence-electron chi connectivity index (χ4n) is 3.16. The van der Waals surface area contributed by atoms with Crippen molar-refractivity contribution in [1.82, 2.24) is 9.78 Å². The first-order valence-electron chi connectivity index (χ1n) is 9.69. The number of benzene rings is 3. The Labute approximate surface area is 189 Å². The molecule has 0 bridgehead atoms. The first kappa shape index (κ1) is 22.2. The van der Waals surface area contributed by atoms with E-state index < -0.39 is 21.7 Å². The number of methoxy groups -OCH3 is 1. The largest absolute Gasteiger partial charge is 0.497 e. The summed E-state index contributed by atoms with van der Waals surface area (Å²) in [7, 11) is -2.31. The SMILES string of the molecule is COc1ccc(NC(=O)c2cc(-c3ccc(F)cc3)n(-c3ccc(S(N)(=O)=O)cc3)n2)cc1. The van der Waals surface area contributed by atoms with Gasteiger partial charge in [0.1, 0.15) is 11.6 Å². The average Bonchev–Trinajstić information content (AvgIpc) is 3.25. The third-order valence-electron chi connectivity index (χ3n) is 4.84. The molecular weight excluding hydrogens is 447 g/mol. The maximum atomic E-state index is 13.4. The van der Waals surface area contributed by atoms with Gasteiger partial charge in [0.25, 0.3) is 5.91 Å². The summed E-state index contributed by atoms with van der Waals surface area (Å²) in [5, 5.41) is 12.3. The number of sulfonamides is 1. The van der Waals surface area contributed by atoms with Crippen LogP contribution in [0.4, 0.5) is 10.1 Å². The second-order valence-electron chi connectivity index (χ2n) is 7.06. The molecule has 0 aliphatic heterocycles. The molecule has 0 saturated heterocycles. The Morgan fingerprint density at radius 3 is 2.21 bits per heavy atom. The lowest BCUT2D eigenvalue weighted by molar-refractivity contribution is 0.102. The fourth-order valence-corrected chi connectivity index (χ4v) is 3.68. The zero-order valence-corrected chi connectivity index (χ0v) is 18.2. The van der Waals surface area contributed by atoms with E-state index in [1.807, 2.05) is 0 Å². The van der Waals surface area contributed by atoms with Crippen molar-refractivity contribution in [2.45, 2.75) is 4.90 Å². The molecule has 0 radical (unpaired) electrons. The van der Waals surface area contributed by atoms with Gasteiger partial charge in [0.05, 0.1) is 23.4 Å². The van der Waals surface area contributed by atoms with Crippen LogP contribution in [0.25, 0.3) is 16.9 Å². The predicted octanol–water partition coefficient (Wildman–Crippen LogP) is 3.59. The molecule has 0 atom stereocenters. The van der Waals surface area contributed by atoms with E-state index in [-0.39, 0.29) is 10.6 Å². The lowest BCUT2D eigenvalue weighted by Crippen LogP contribution is -2.13. The van der Waals surface area contributed by atoms with Gasteiger partial charge in [0.2, 0.25) is 10.0 Å². The van der Waals surface area contributed by atoms with Crippen LogP contribution in [0.5, 0.6) is 5.75 Å². The summed E-state index contributed by atoms with van der Waals surface area (Å²) in [6, 6.07) is 19.8. The molecule has 168 valence electrons. The van der Waals surface area contributed by atoms with Gasteiger partial charge in [0, 0.05) is 11.3 Å². The molecule has 0 unspecified atom stereocenters. The Kier molecular flexibility index (Phi) is 5.95. The first-order valence-corrected chi connectivity index (χ1v) is 11.2. The first-order chi connectivity index (χ1) is 15.7. The minimum atomic E-state index is -3.86. The van der Waals surface area contributed by atoms with E-state index in [1.165, 1.54) is 41.1 Å². The van der Waals surface area contributed by atoms with Crippen LogP contribution in [0.1, 0.15) is 10.5 Å². The Morgan fingerprint density at radius 2 is 1.64 bits per heavy atom. The van der Waals surface area contributed by atoms with Crippen LogP contribution in [0.15, 0.2) is 83.8 Å². The highest BCUT2D eigenvalue weighted by Gasteiger charge is 2.18. The van der Waals surface area contributed by atoms with Gasteiger partial charge in [-0.15, -0.1) is 0 Å². The number of carbonyl (C=O) groups is 1. The van der Waals surface area contributed by atoms with Crippen LogP contribution in [-0.4, -0.2) is 31.2 Å². The van der Waals surface area contributed by atoms with E-state index in [9.17, 15) is 17.6 Å². The number of hydrogen-bond acceptors (Lipinski definition) is 5. The van der Waals surface area contributed by atoms with Gasteiger partial charge in [0.15, 0.2) is 5.69 Å². The quantitative estimate of drug-likeness (QED) is 0.451. The van der Waals surface area contributed by atoms with Crippen molar-refractivity contribution < 1.29 is 22.3 Å². The van der Waals surface area contributed by atoms with Crippen molar-refractivity contribution in [2.24, 2.45) is 5.14 Å². The van der Waals surface area contributed by atoms with Crippen molar-refractivity contribution >= 4 is 21.6 Å². The number of hydrogen-bond donors (Lipinski definition) is 2. The monoisotopic (exact) mass is 466 g/mol. The van der Waals surface area contributed by atoms with E-state index in [2.05, 4.69) is 10.4 Å². The molecule has 4 rings (SSSR count). The van der Waals surface area contributed by atoms with Crippen LogP contribution < -0.4 is 15.2 Å². The number of carbonyl (C=O) groups excluding carboxylic acids is 1. The number of nitrogens with one attached hydrogen (secondary N) is 1. The van der Waals surface area contributed by atoms with Crippen molar-refractivity contribution in [3.8, 4) is 22.7 Å². The van der Waals surface area contributed by atoms with Gasteiger partial charge in [-0.1, -0.05) is 0 Å². The van der Waals surface area contributed by atoms with Gasteiger partial charge in [-0.25, -0.2) is 22.6 Å². The van der Waals surface area contributed by atoms with Crippen LogP contribution in [0.3, 0.4) is 0 Å². The molecule has 1 amide bonds. The van der Waals surface area contributed by atoms with E-state index >= 15 is 0 Å². The maximum absolute atomic E-state index is 13.4. The molecule has 3 N–H and O–H groups in total. The minimum Gasteiger partial charge on any atom is -0.497 e. The summed E-state index contributed by atoms with van der Waals surface area (Å²) in [4.78, 5) is 12.8. The highest BCUT2D eigenvalue weighted by atomic mass is 32.2. The second-order valence-corrected chi connectivity index (χ2v) is 8.62. The van der Waals surface area contributed by atoms with Gasteiger partial charge in [-0.05, 0) is 78.9 Å². The lowest BCUT2D eigenvalue weighted by atomic mass is 10.1. The molecule has 8 nitrogen and oxygen atoms in total. The standard InChI is InChI=1S/C23H19FN4O4S/c1-32-19-10-6-17(7-11-19)26-23(29)21-14-22(15-2-4-16(24)5-3-15)28(27-21)18-8-12-20(13-9-18)33(25,30)31/h2-14H,1H3,(H,26,29)(H2,25,30,31). The highest BCUT2D eigenvalue weighted by molar-refractivity contribution is 7.89. The summed E-state index contributed by atoms with van der Waals surface area (Å²) >= 11 is 0. The molecule has 1 heterocycles. The summed E-state index contributed by atoms with van der Waals surface area (Å²) in [5.41, 5.74) is 2.28. The number of halogens is 1. The van der Waals surface area contributed by atoms with Crippen LogP contribution in [0.2, 0.25) is 0 Å². The van der Waals surface area contributed by atoms with Gasteiger partial charge >= 0.3 is 0 Å². The van der Waals surface area contributed by atoms with Crippen LogP contribution in [-0.2, 0) is 10.0 Å². The van der Waals surface area contributed by atoms with Crippen molar-refractivity contribution in [1.29, 1.82) is 0 Å². The van der Waals surface area contributed by atoms with Gasteiger partial charge in [-0.3, -0.25) is 4.79 Å². The van der Waals surface area contributed by atoms with Crippen LogP contribution in [0, 0.1) is 5.82 Å². The molecule has 33 heavy (non-hydrogen) atoms. The number of ether oxygens (including phenoxy) is 1. The Bertz CT molecular complexity index is 1400. The zero-order valence-electron chi connectivity index (χ0n) is 17.4. The van der Waals surface area contributed by atoms with Gasteiger partial charge < -0.3 is 10.1 Å². The molecule has 0 aliphatic rings. The smallest absolute Gasteiger partial charge is 0.276 e. The van der Waals surface area contributed by atoms with E-state index in [4.69, 9.17) is 9.88 Å². The second kappa shape index (κ2) is 8.85. The lowest BCUT2D eigenvalue weighted by Gasteiger charge is -2.08. The fraction of sp³-hybridized carbons (Fsp3) is 0.0435. The predicted molar refractivity (Wildman–Crippen MR) is 121 cm³/mol. The molecule has 1 aromatic heterocycles. The third-order valence-corrected chi connectivity index (χ3v) is 5.77. The van der Waals surface area contributed by atoms with Crippen LogP contribution >= 0.6 is 0 Å².